The molecule has 1 aromatic carbocycles. The maximum atomic E-state index is 12.5. The second kappa shape index (κ2) is 5.69. The number of aromatic nitrogens is 1. The van der Waals surface area contributed by atoms with E-state index >= 15 is 0 Å². The average Bonchev–Trinajstić information content (AvgIpc) is 3.03. The van der Waals surface area contributed by atoms with Crippen molar-refractivity contribution in [1.29, 1.82) is 0 Å². The summed E-state index contributed by atoms with van der Waals surface area (Å²) >= 11 is 3.19. The minimum absolute atomic E-state index is 0.0480. The molecule has 2 aromatic rings. The minimum Gasteiger partial charge on any atom is -0.497 e. The third-order valence-corrected chi connectivity index (χ3v) is 5.61. The molecule has 0 N–H and O–H groups in total. The molecule has 0 radical (unpaired) electrons. The molecule has 6 heteroatoms. The highest BCUT2D eigenvalue weighted by atomic mass is 32.2. The maximum absolute atomic E-state index is 12.5. The number of thioether (sulfide) groups is 1. The molecule has 1 aliphatic heterocycles. The van der Waals surface area contributed by atoms with Crippen LogP contribution in [-0.2, 0) is 4.79 Å². The van der Waals surface area contributed by atoms with Crippen LogP contribution >= 0.6 is 23.1 Å². The number of amides is 1. The van der Waals surface area contributed by atoms with Gasteiger partial charge in [0.25, 0.3) is 0 Å². The average molecular weight is 320 g/mol. The number of carbonyl (C=O) groups is 1. The Morgan fingerprint density at radius 1 is 1.38 bits per heavy atom. The van der Waals surface area contributed by atoms with Gasteiger partial charge in [-0.05, 0) is 31.5 Å². The molecule has 0 bridgehead atoms. The molecule has 3 rings (SSSR count). The van der Waals surface area contributed by atoms with Gasteiger partial charge in [-0.2, -0.15) is 0 Å². The van der Waals surface area contributed by atoms with E-state index in [1.165, 1.54) is 0 Å². The summed E-state index contributed by atoms with van der Waals surface area (Å²) in [6, 6.07) is 7.87. The van der Waals surface area contributed by atoms with Crippen molar-refractivity contribution in [1.82, 2.24) is 4.98 Å². The fraction of sp³-hybridized carbons (Fsp3) is 0.333. The largest absolute Gasteiger partial charge is 0.497 e. The van der Waals surface area contributed by atoms with Crippen molar-refractivity contribution in [2.24, 2.45) is 0 Å². The van der Waals surface area contributed by atoms with E-state index in [9.17, 15) is 4.79 Å². The predicted octanol–water partition coefficient (Wildman–Crippen LogP) is 3.63. The van der Waals surface area contributed by atoms with E-state index in [-0.39, 0.29) is 16.5 Å². The molecule has 1 aliphatic rings. The molecule has 1 fully saturated rings. The number of hydrogen-bond donors (Lipinski definition) is 0. The van der Waals surface area contributed by atoms with Gasteiger partial charge in [-0.25, -0.2) is 4.98 Å². The molecule has 4 nitrogen and oxygen atoms in total. The number of thiazole rings is 1. The Morgan fingerprint density at radius 2 is 2.19 bits per heavy atom. The number of anilines is 1. The van der Waals surface area contributed by atoms with E-state index < -0.39 is 0 Å². The summed E-state index contributed by atoms with van der Waals surface area (Å²) in [4.78, 5) is 19.8. The lowest BCUT2D eigenvalue weighted by Gasteiger charge is -2.21. The fourth-order valence-electron chi connectivity index (χ4n) is 2.30. The molecule has 2 atom stereocenters. The van der Waals surface area contributed by atoms with E-state index in [2.05, 4.69) is 4.98 Å². The van der Waals surface area contributed by atoms with Crippen LogP contribution in [0.15, 0.2) is 30.5 Å². The van der Waals surface area contributed by atoms with Gasteiger partial charge in [0, 0.05) is 11.1 Å². The molecule has 21 heavy (non-hydrogen) atoms. The molecule has 0 unspecified atom stereocenters. The Hall–Kier alpha value is -1.53. The van der Waals surface area contributed by atoms with E-state index in [1.807, 2.05) is 49.2 Å². The van der Waals surface area contributed by atoms with Crippen molar-refractivity contribution >= 4 is 34.1 Å². The van der Waals surface area contributed by atoms with Gasteiger partial charge < -0.3 is 4.74 Å². The quantitative estimate of drug-likeness (QED) is 0.866. The van der Waals surface area contributed by atoms with Gasteiger partial charge in [-0.1, -0.05) is 12.1 Å². The van der Waals surface area contributed by atoms with Gasteiger partial charge >= 0.3 is 0 Å². The zero-order valence-corrected chi connectivity index (χ0v) is 13.7. The summed E-state index contributed by atoms with van der Waals surface area (Å²) in [6.07, 6.45) is 1.81. The molecule has 2 heterocycles. The van der Waals surface area contributed by atoms with Crippen LogP contribution in [-0.4, -0.2) is 23.3 Å². The van der Waals surface area contributed by atoms with Crippen molar-refractivity contribution < 1.29 is 9.53 Å². The van der Waals surface area contributed by atoms with Gasteiger partial charge in [0.1, 0.15) is 11.1 Å². The molecule has 1 aromatic heterocycles. The van der Waals surface area contributed by atoms with Crippen LogP contribution < -0.4 is 9.64 Å². The molecule has 1 amide bonds. The first-order valence-electron chi connectivity index (χ1n) is 6.65. The number of nitrogens with zero attached hydrogens (tertiary/aromatic N) is 2. The lowest BCUT2D eigenvalue weighted by Crippen LogP contribution is -2.29. The standard InChI is InChI=1S/C15H16N2O2S2/c1-9-8-16-15(20-9)17-13(18)10(2)21-14(17)11-5-4-6-12(7-11)19-3/h4-8,10,14H,1-3H3/t10-,14+/m1/s1. The number of methoxy groups -OCH3 is 1. The van der Waals surface area contributed by atoms with Crippen LogP contribution in [0.4, 0.5) is 5.13 Å². The lowest BCUT2D eigenvalue weighted by molar-refractivity contribution is -0.117. The first kappa shape index (κ1) is 14.4. The Bertz CT molecular complexity index is 671. The number of aryl methyl sites for hydroxylation is 1. The van der Waals surface area contributed by atoms with Crippen molar-refractivity contribution in [3.05, 3.63) is 40.9 Å². The Balaban J connectivity index is 2.00. The van der Waals surface area contributed by atoms with E-state index in [4.69, 9.17) is 4.74 Å². The van der Waals surface area contributed by atoms with Crippen molar-refractivity contribution in [2.75, 3.05) is 12.0 Å². The third kappa shape index (κ3) is 2.65. The molecule has 0 aliphatic carbocycles. The van der Waals surface area contributed by atoms with E-state index in [1.54, 1.807) is 30.2 Å². The fourth-order valence-corrected chi connectivity index (χ4v) is 4.40. The van der Waals surface area contributed by atoms with E-state index in [0.717, 1.165) is 21.3 Å². The summed E-state index contributed by atoms with van der Waals surface area (Å²) in [7, 11) is 1.65. The molecular weight excluding hydrogens is 304 g/mol. The third-order valence-electron chi connectivity index (χ3n) is 3.35. The first-order chi connectivity index (χ1) is 10.1. The molecule has 0 spiro atoms. The van der Waals surface area contributed by atoms with Crippen LogP contribution in [0.3, 0.4) is 0 Å². The predicted molar refractivity (Wildman–Crippen MR) is 87.1 cm³/mol. The smallest absolute Gasteiger partial charge is 0.242 e. The zero-order chi connectivity index (χ0) is 15.0. The molecular formula is C15H16N2O2S2. The van der Waals surface area contributed by atoms with E-state index in [0.29, 0.717) is 0 Å². The summed E-state index contributed by atoms with van der Waals surface area (Å²) in [6.45, 7) is 3.94. The van der Waals surface area contributed by atoms with Crippen LogP contribution in [0.1, 0.15) is 22.7 Å². The van der Waals surface area contributed by atoms with Crippen LogP contribution in [0.2, 0.25) is 0 Å². The van der Waals surface area contributed by atoms with Gasteiger partial charge in [0.05, 0.1) is 12.4 Å². The SMILES string of the molecule is COc1cccc([C@@H]2S[C@H](C)C(=O)N2c2ncc(C)s2)c1. The normalized spacial score (nSPS) is 21.9. The highest BCUT2D eigenvalue weighted by Gasteiger charge is 2.40. The van der Waals surface area contributed by atoms with Crippen LogP contribution in [0, 0.1) is 6.92 Å². The Morgan fingerprint density at radius 3 is 2.86 bits per heavy atom. The topological polar surface area (TPSA) is 42.4 Å². The van der Waals surface area contributed by atoms with Crippen LogP contribution in [0.25, 0.3) is 0 Å². The second-order valence-electron chi connectivity index (χ2n) is 4.87. The Labute approximate surface area is 132 Å². The minimum atomic E-state index is -0.0644. The van der Waals surface area contributed by atoms with Gasteiger partial charge in [-0.15, -0.1) is 23.1 Å². The number of hydrogen-bond acceptors (Lipinski definition) is 5. The van der Waals surface area contributed by atoms with Crippen LogP contribution in [0.5, 0.6) is 5.75 Å². The summed E-state index contributed by atoms with van der Waals surface area (Å²) < 4.78 is 5.29. The van der Waals surface area contributed by atoms with Gasteiger partial charge in [-0.3, -0.25) is 9.69 Å². The number of benzene rings is 1. The van der Waals surface area contributed by atoms with Gasteiger partial charge in [0.15, 0.2) is 5.13 Å². The van der Waals surface area contributed by atoms with Crippen molar-refractivity contribution in [2.45, 2.75) is 24.5 Å². The molecule has 0 saturated carbocycles. The van der Waals surface area contributed by atoms with Crippen molar-refractivity contribution in [3.63, 3.8) is 0 Å². The highest BCUT2D eigenvalue weighted by molar-refractivity contribution is 8.01. The number of ether oxygens (including phenoxy) is 1. The highest BCUT2D eigenvalue weighted by Crippen LogP contribution is 2.46. The zero-order valence-electron chi connectivity index (χ0n) is 12.1. The maximum Gasteiger partial charge on any atom is 0.242 e. The summed E-state index contributed by atoms with van der Waals surface area (Å²) in [5.74, 6) is 0.914. The van der Waals surface area contributed by atoms with Crippen molar-refractivity contribution in [3.8, 4) is 5.75 Å². The van der Waals surface area contributed by atoms with Gasteiger partial charge in [0.2, 0.25) is 5.91 Å². The molecule has 1 saturated heterocycles. The number of carbonyl (C=O) groups excluding carboxylic acids is 1. The Kier molecular flexibility index (Phi) is 3.91. The monoisotopic (exact) mass is 320 g/mol. The summed E-state index contributed by atoms with van der Waals surface area (Å²) in [5.41, 5.74) is 1.06. The number of rotatable bonds is 3. The lowest BCUT2D eigenvalue weighted by atomic mass is 10.2. The first-order valence-corrected chi connectivity index (χ1v) is 8.41. The summed E-state index contributed by atoms with van der Waals surface area (Å²) in [5, 5.41) is 0.653. The molecule has 110 valence electrons. The second-order valence-corrected chi connectivity index (χ2v) is 7.51.